The summed E-state index contributed by atoms with van der Waals surface area (Å²) in [7, 11) is 0. The highest BCUT2D eigenvalue weighted by molar-refractivity contribution is 6.03. The Morgan fingerprint density at radius 2 is 2.07 bits per heavy atom. The molecule has 2 N–H and O–H groups in total. The molecule has 0 saturated carbocycles. The third-order valence-corrected chi connectivity index (χ3v) is 2.25. The maximum atomic E-state index is 5.70. The molecule has 0 saturated heterocycles. The lowest BCUT2D eigenvalue weighted by atomic mass is 10.2. The van der Waals surface area contributed by atoms with Crippen LogP contribution in [0.15, 0.2) is 40.9 Å². The van der Waals surface area contributed by atoms with Gasteiger partial charge in [0.05, 0.1) is 0 Å². The number of hydrogen-bond acceptors (Lipinski definition) is 3. The lowest BCUT2D eigenvalue weighted by Crippen LogP contribution is -1.82. The molecular weight excluding hydrogens is 176 g/mol. The summed E-state index contributed by atoms with van der Waals surface area (Å²) < 4.78 is 5.59. The van der Waals surface area contributed by atoms with Gasteiger partial charge in [0.1, 0.15) is 11.1 Å². The number of furan rings is 1. The second-order valence-electron chi connectivity index (χ2n) is 3.21. The van der Waals surface area contributed by atoms with Crippen molar-refractivity contribution < 1.29 is 4.42 Å². The normalized spacial score (nSPS) is 11.1. The van der Waals surface area contributed by atoms with E-state index in [-0.39, 0.29) is 0 Å². The lowest BCUT2D eigenvalue weighted by Gasteiger charge is -1.90. The summed E-state index contributed by atoms with van der Waals surface area (Å²) >= 11 is 0. The average Bonchev–Trinajstić information content (AvgIpc) is 2.56. The van der Waals surface area contributed by atoms with Crippen LogP contribution in [0.1, 0.15) is 0 Å². The number of aromatic nitrogens is 1. The summed E-state index contributed by atoms with van der Waals surface area (Å²) in [5, 5.41) is 0.973. The Bertz CT molecular complexity index is 613. The highest BCUT2D eigenvalue weighted by atomic mass is 16.3. The number of nitrogens with two attached hydrogens (primary N) is 1. The molecule has 3 heteroatoms. The zero-order valence-electron chi connectivity index (χ0n) is 7.40. The van der Waals surface area contributed by atoms with Crippen molar-refractivity contribution in [1.29, 1.82) is 0 Å². The van der Waals surface area contributed by atoms with Crippen LogP contribution >= 0.6 is 0 Å². The van der Waals surface area contributed by atoms with Crippen molar-refractivity contribution in [2.45, 2.75) is 0 Å². The number of pyridine rings is 1. The number of hydrogen-bond donors (Lipinski definition) is 1. The maximum absolute atomic E-state index is 5.70. The van der Waals surface area contributed by atoms with Gasteiger partial charge in [-0.3, -0.25) is 4.98 Å². The molecule has 14 heavy (non-hydrogen) atoms. The van der Waals surface area contributed by atoms with Crippen LogP contribution in [0.3, 0.4) is 0 Å². The van der Waals surface area contributed by atoms with Crippen molar-refractivity contribution in [2.24, 2.45) is 0 Å². The molecule has 2 heterocycles. The van der Waals surface area contributed by atoms with E-state index in [0.717, 1.165) is 27.8 Å². The molecule has 0 aliphatic carbocycles. The van der Waals surface area contributed by atoms with Crippen molar-refractivity contribution in [3.63, 3.8) is 0 Å². The summed E-state index contributed by atoms with van der Waals surface area (Å²) in [4.78, 5) is 4.26. The number of anilines is 1. The van der Waals surface area contributed by atoms with Gasteiger partial charge in [-0.1, -0.05) is 0 Å². The topological polar surface area (TPSA) is 52.0 Å². The van der Waals surface area contributed by atoms with E-state index in [1.165, 1.54) is 0 Å². The summed E-state index contributed by atoms with van der Waals surface area (Å²) in [5.41, 5.74) is 8.93. The van der Waals surface area contributed by atoms with Crippen molar-refractivity contribution >= 4 is 27.8 Å². The van der Waals surface area contributed by atoms with Crippen LogP contribution in [0.25, 0.3) is 22.1 Å². The standard InChI is InChI=1S/C11H8N2O/c12-7-3-4-9-8(6-7)11-10(14-9)2-1-5-13-11/h1-6H,12H2. The summed E-state index contributed by atoms with van der Waals surface area (Å²) in [6.45, 7) is 0. The fourth-order valence-corrected chi connectivity index (χ4v) is 1.62. The first-order valence-electron chi connectivity index (χ1n) is 4.37. The van der Waals surface area contributed by atoms with E-state index in [0.29, 0.717) is 0 Å². The van der Waals surface area contributed by atoms with Crippen LogP contribution < -0.4 is 5.73 Å². The number of nitrogen functional groups attached to an aromatic ring is 1. The van der Waals surface area contributed by atoms with E-state index in [9.17, 15) is 0 Å². The first kappa shape index (κ1) is 7.38. The maximum Gasteiger partial charge on any atom is 0.153 e. The third-order valence-electron chi connectivity index (χ3n) is 2.25. The minimum absolute atomic E-state index is 0.728. The average molecular weight is 184 g/mol. The van der Waals surface area contributed by atoms with E-state index in [1.54, 1.807) is 6.20 Å². The van der Waals surface area contributed by atoms with E-state index < -0.39 is 0 Å². The minimum atomic E-state index is 0.728. The molecule has 0 unspecified atom stereocenters. The molecule has 0 amide bonds. The third kappa shape index (κ3) is 0.893. The molecular formula is C11H8N2O. The van der Waals surface area contributed by atoms with Gasteiger partial charge < -0.3 is 10.2 Å². The monoisotopic (exact) mass is 184 g/mol. The highest BCUT2D eigenvalue weighted by Crippen LogP contribution is 2.27. The van der Waals surface area contributed by atoms with Gasteiger partial charge in [-0.2, -0.15) is 0 Å². The molecule has 0 radical (unpaired) electrons. The number of nitrogens with zero attached hydrogens (tertiary/aromatic N) is 1. The Kier molecular flexibility index (Phi) is 1.31. The summed E-state index contributed by atoms with van der Waals surface area (Å²) in [6.07, 6.45) is 1.75. The molecule has 0 fully saturated rings. The van der Waals surface area contributed by atoms with E-state index in [4.69, 9.17) is 10.2 Å². The second-order valence-corrected chi connectivity index (χ2v) is 3.21. The molecule has 0 spiro atoms. The van der Waals surface area contributed by atoms with Gasteiger partial charge in [-0.05, 0) is 30.3 Å². The SMILES string of the molecule is Nc1ccc2oc3cccnc3c2c1. The molecule has 0 bridgehead atoms. The van der Waals surface area contributed by atoms with Crippen LogP contribution in [0.2, 0.25) is 0 Å². The van der Waals surface area contributed by atoms with Gasteiger partial charge in [-0.25, -0.2) is 0 Å². The highest BCUT2D eigenvalue weighted by Gasteiger charge is 2.06. The number of rotatable bonds is 0. The minimum Gasteiger partial charge on any atom is -0.454 e. The number of fused-ring (bicyclic) bond motifs is 3. The van der Waals surface area contributed by atoms with Gasteiger partial charge in [0.15, 0.2) is 5.58 Å². The predicted molar refractivity (Wildman–Crippen MR) is 55.9 cm³/mol. The molecule has 3 rings (SSSR count). The summed E-state index contributed by atoms with van der Waals surface area (Å²) in [5.74, 6) is 0. The summed E-state index contributed by atoms with van der Waals surface area (Å²) in [6, 6.07) is 9.33. The van der Waals surface area contributed by atoms with Crippen LogP contribution in [0, 0.1) is 0 Å². The fraction of sp³-hybridized carbons (Fsp3) is 0. The Balaban J connectivity index is 2.58. The van der Waals surface area contributed by atoms with Gasteiger partial charge in [0.2, 0.25) is 0 Å². The van der Waals surface area contributed by atoms with E-state index >= 15 is 0 Å². The van der Waals surface area contributed by atoms with Crippen LogP contribution in [0.4, 0.5) is 5.69 Å². The molecule has 3 aromatic rings. The molecule has 0 atom stereocenters. The van der Waals surface area contributed by atoms with Gasteiger partial charge in [-0.15, -0.1) is 0 Å². The van der Waals surface area contributed by atoms with Gasteiger partial charge in [0.25, 0.3) is 0 Å². The van der Waals surface area contributed by atoms with Crippen molar-refractivity contribution in [3.05, 3.63) is 36.5 Å². The van der Waals surface area contributed by atoms with E-state index in [1.807, 2.05) is 30.3 Å². The van der Waals surface area contributed by atoms with Crippen molar-refractivity contribution in [2.75, 3.05) is 5.73 Å². The molecule has 0 aliphatic rings. The van der Waals surface area contributed by atoms with Gasteiger partial charge >= 0.3 is 0 Å². The van der Waals surface area contributed by atoms with Crippen LogP contribution in [-0.4, -0.2) is 4.98 Å². The van der Waals surface area contributed by atoms with E-state index in [2.05, 4.69) is 4.98 Å². The molecule has 0 aliphatic heterocycles. The lowest BCUT2D eigenvalue weighted by molar-refractivity contribution is 0.668. The Labute approximate surface area is 80.1 Å². The quantitative estimate of drug-likeness (QED) is 0.546. The first-order chi connectivity index (χ1) is 6.84. The van der Waals surface area contributed by atoms with Crippen molar-refractivity contribution in [3.8, 4) is 0 Å². The Hall–Kier alpha value is -2.03. The fourth-order valence-electron chi connectivity index (χ4n) is 1.62. The zero-order chi connectivity index (χ0) is 9.54. The Morgan fingerprint density at radius 1 is 1.14 bits per heavy atom. The van der Waals surface area contributed by atoms with Gasteiger partial charge in [0, 0.05) is 17.3 Å². The second kappa shape index (κ2) is 2.48. The zero-order valence-corrected chi connectivity index (χ0v) is 7.40. The number of benzene rings is 1. The van der Waals surface area contributed by atoms with Crippen LogP contribution in [0.5, 0.6) is 0 Å². The smallest absolute Gasteiger partial charge is 0.153 e. The molecule has 2 aromatic heterocycles. The first-order valence-corrected chi connectivity index (χ1v) is 4.37. The predicted octanol–water partition coefficient (Wildman–Crippen LogP) is 2.56. The molecule has 1 aromatic carbocycles. The van der Waals surface area contributed by atoms with Crippen molar-refractivity contribution in [1.82, 2.24) is 4.98 Å². The Morgan fingerprint density at radius 3 is 3.00 bits per heavy atom. The molecule has 68 valence electrons. The van der Waals surface area contributed by atoms with Crippen LogP contribution in [-0.2, 0) is 0 Å². The molecule has 3 nitrogen and oxygen atoms in total. The largest absolute Gasteiger partial charge is 0.454 e.